The molecule has 68 valence electrons. The van der Waals surface area contributed by atoms with Gasteiger partial charge in [0.1, 0.15) is 0 Å². The van der Waals surface area contributed by atoms with E-state index in [-0.39, 0.29) is 12.6 Å². The second-order valence-corrected chi connectivity index (χ2v) is 2.56. The zero-order valence-electron chi connectivity index (χ0n) is 7.06. The highest BCUT2D eigenvalue weighted by Crippen LogP contribution is 2.02. The molecule has 0 aromatic rings. The van der Waals surface area contributed by atoms with Gasteiger partial charge >= 0.3 is 0 Å². The zero-order valence-corrected chi connectivity index (χ0v) is 7.06. The fourth-order valence-electron chi connectivity index (χ4n) is 0.947. The van der Waals surface area contributed by atoms with Crippen molar-refractivity contribution in [2.75, 3.05) is 19.6 Å². The van der Waals surface area contributed by atoms with Crippen molar-refractivity contribution in [3.63, 3.8) is 0 Å². The van der Waals surface area contributed by atoms with E-state index in [1.165, 1.54) is 0 Å². The molecule has 2 N–H and O–H groups in total. The molecule has 0 saturated carbocycles. The van der Waals surface area contributed by atoms with Crippen molar-refractivity contribution in [2.45, 2.75) is 26.3 Å². The van der Waals surface area contributed by atoms with Gasteiger partial charge in [-0.15, -0.1) is 0 Å². The number of halogens is 2. The lowest BCUT2D eigenvalue weighted by atomic mass is 10.3. The molecule has 0 aliphatic heterocycles. The van der Waals surface area contributed by atoms with Gasteiger partial charge in [0, 0.05) is 12.6 Å². The van der Waals surface area contributed by atoms with Gasteiger partial charge in [0.25, 0.3) is 6.43 Å². The Hall–Kier alpha value is -0.220. The topological polar surface area (TPSA) is 29.3 Å². The number of likely N-dealkylation sites (N-methyl/N-ethyl adjacent to an activating group) is 1. The molecule has 0 saturated heterocycles. The monoisotopic (exact) mass is 166 g/mol. The second-order valence-electron chi connectivity index (χ2n) is 2.56. The highest BCUT2D eigenvalue weighted by Gasteiger charge is 2.14. The first-order chi connectivity index (χ1) is 5.11. The standard InChI is InChI=1S/C7H16F2N2/c1-3-11(5-7(8)9)6(2)4-10/h6-7H,3-5,10H2,1-2H3/t6-/m0/s1. The van der Waals surface area contributed by atoms with Crippen LogP contribution in [0.1, 0.15) is 13.8 Å². The fourth-order valence-corrected chi connectivity index (χ4v) is 0.947. The van der Waals surface area contributed by atoms with Crippen molar-refractivity contribution in [3.8, 4) is 0 Å². The van der Waals surface area contributed by atoms with E-state index < -0.39 is 6.43 Å². The molecule has 1 atom stereocenters. The van der Waals surface area contributed by atoms with Crippen molar-refractivity contribution < 1.29 is 8.78 Å². The van der Waals surface area contributed by atoms with Gasteiger partial charge in [-0.25, -0.2) is 8.78 Å². The van der Waals surface area contributed by atoms with Crippen LogP contribution in [0.4, 0.5) is 8.78 Å². The normalized spacial score (nSPS) is 14.5. The molecular weight excluding hydrogens is 150 g/mol. The molecule has 0 heterocycles. The van der Waals surface area contributed by atoms with E-state index in [2.05, 4.69) is 0 Å². The Morgan fingerprint density at radius 1 is 1.45 bits per heavy atom. The Kier molecular flexibility index (Phi) is 5.32. The van der Waals surface area contributed by atoms with Gasteiger partial charge in [-0.05, 0) is 13.5 Å². The Balaban J connectivity index is 3.74. The lowest BCUT2D eigenvalue weighted by Crippen LogP contribution is -2.40. The maximum atomic E-state index is 11.9. The summed E-state index contributed by atoms with van der Waals surface area (Å²) >= 11 is 0. The van der Waals surface area contributed by atoms with Gasteiger partial charge < -0.3 is 5.73 Å². The molecule has 0 aliphatic rings. The van der Waals surface area contributed by atoms with Gasteiger partial charge in [-0.1, -0.05) is 6.92 Å². The number of rotatable bonds is 5. The number of hydrogen-bond donors (Lipinski definition) is 1. The third-order valence-corrected chi connectivity index (χ3v) is 1.74. The third kappa shape index (κ3) is 4.27. The van der Waals surface area contributed by atoms with Crippen LogP contribution >= 0.6 is 0 Å². The van der Waals surface area contributed by atoms with Gasteiger partial charge in [0.2, 0.25) is 0 Å². The molecule has 0 unspecified atom stereocenters. The minimum absolute atomic E-state index is 0.0500. The van der Waals surface area contributed by atoms with Crippen LogP contribution in [0.5, 0.6) is 0 Å². The molecule has 2 nitrogen and oxygen atoms in total. The Labute approximate surface area is 66.4 Å². The minimum Gasteiger partial charge on any atom is -0.329 e. The quantitative estimate of drug-likeness (QED) is 0.658. The lowest BCUT2D eigenvalue weighted by molar-refractivity contribution is 0.0742. The Morgan fingerprint density at radius 2 is 2.00 bits per heavy atom. The number of hydrogen-bond acceptors (Lipinski definition) is 2. The highest BCUT2D eigenvalue weighted by molar-refractivity contribution is 4.66. The summed E-state index contributed by atoms with van der Waals surface area (Å²) in [4.78, 5) is 1.67. The number of nitrogens with zero attached hydrogens (tertiary/aromatic N) is 1. The van der Waals surface area contributed by atoms with Crippen molar-refractivity contribution >= 4 is 0 Å². The van der Waals surface area contributed by atoms with Gasteiger partial charge in [0.05, 0.1) is 6.54 Å². The highest BCUT2D eigenvalue weighted by atomic mass is 19.3. The average molecular weight is 166 g/mol. The van der Waals surface area contributed by atoms with Crippen molar-refractivity contribution in [3.05, 3.63) is 0 Å². The van der Waals surface area contributed by atoms with Crippen molar-refractivity contribution in [1.29, 1.82) is 0 Å². The van der Waals surface area contributed by atoms with Crippen LogP contribution in [0.15, 0.2) is 0 Å². The van der Waals surface area contributed by atoms with Crippen molar-refractivity contribution in [1.82, 2.24) is 4.90 Å². The molecule has 0 aliphatic carbocycles. The maximum absolute atomic E-state index is 11.9. The van der Waals surface area contributed by atoms with E-state index in [1.54, 1.807) is 4.90 Å². The second kappa shape index (κ2) is 5.43. The summed E-state index contributed by atoms with van der Waals surface area (Å²) in [6.07, 6.45) is -2.26. The first kappa shape index (κ1) is 10.8. The van der Waals surface area contributed by atoms with E-state index in [0.29, 0.717) is 13.1 Å². The SMILES string of the molecule is CCN(CC(F)F)[C@@H](C)CN. The molecule has 0 aromatic carbocycles. The summed E-state index contributed by atoms with van der Waals surface area (Å²) in [7, 11) is 0. The smallest absolute Gasteiger partial charge is 0.251 e. The maximum Gasteiger partial charge on any atom is 0.251 e. The van der Waals surface area contributed by atoms with Crippen LogP contribution in [-0.4, -0.2) is 37.0 Å². The summed E-state index contributed by atoms with van der Waals surface area (Å²) in [5.74, 6) is 0. The molecule has 4 heteroatoms. The number of nitrogens with two attached hydrogens (primary N) is 1. The van der Waals surface area contributed by atoms with E-state index >= 15 is 0 Å². The molecule has 0 bridgehead atoms. The van der Waals surface area contributed by atoms with Crippen molar-refractivity contribution in [2.24, 2.45) is 5.73 Å². The number of alkyl halides is 2. The summed E-state index contributed by atoms with van der Waals surface area (Å²) in [5, 5.41) is 0. The fraction of sp³-hybridized carbons (Fsp3) is 1.00. The van der Waals surface area contributed by atoms with Gasteiger partial charge in [-0.2, -0.15) is 0 Å². The molecule has 0 radical (unpaired) electrons. The van der Waals surface area contributed by atoms with E-state index in [1.807, 2.05) is 13.8 Å². The summed E-state index contributed by atoms with van der Waals surface area (Å²) in [6.45, 7) is 4.60. The summed E-state index contributed by atoms with van der Waals surface area (Å²) < 4.78 is 23.8. The predicted octanol–water partition coefficient (Wildman–Crippen LogP) is 0.921. The molecule has 0 rings (SSSR count). The largest absolute Gasteiger partial charge is 0.329 e. The molecular formula is C7H16F2N2. The van der Waals surface area contributed by atoms with Gasteiger partial charge in [0.15, 0.2) is 0 Å². The predicted molar refractivity (Wildman–Crippen MR) is 41.8 cm³/mol. The summed E-state index contributed by atoms with van der Waals surface area (Å²) in [6, 6.07) is 0.0500. The average Bonchev–Trinajstić information content (AvgIpc) is 1.98. The van der Waals surface area contributed by atoms with Crippen LogP contribution in [0.3, 0.4) is 0 Å². The molecule has 11 heavy (non-hydrogen) atoms. The Morgan fingerprint density at radius 3 is 2.27 bits per heavy atom. The summed E-state index contributed by atoms with van der Waals surface area (Å²) in [5.41, 5.74) is 5.34. The van der Waals surface area contributed by atoms with Gasteiger partial charge in [-0.3, -0.25) is 4.90 Å². The minimum atomic E-state index is -2.26. The van der Waals surface area contributed by atoms with Crippen LogP contribution in [-0.2, 0) is 0 Å². The van der Waals surface area contributed by atoms with Crippen LogP contribution in [0.25, 0.3) is 0 Å². The van der Waals surface area contributed by atoms with Crippen LogP contribution < -0.4 is 5.73 Å². The molecule has 0 fully saturated rings. The van der Waals surface area contributed by atoms with E-state index in [0.717, 1.165) is 0 Å². The van der Waals surface area contributed by atoms with Crippen LogP contribution in [0, 0.1) is 0 Å². The molecule has 0 spiro atoms. The van der Waals surface area contributed by atoms with Crippen LogP contribution in [0.2, 0.25) is 0 Å². The Bertz CT molecular complexity index is 98.4. The van der Waals surface area contributed by atoms with E-state index in [9.17, 15) is 8.78 Å². The first-order valence-corrected chi connectivity index (χ1v) is 3.84. The van der Waals surface area contributed by atoms with E-state index in [4.69, 9.17) is 5.73 Å². The lowest BCUT2D eigenvalue weighted by Gasteiger charge is -2.25. The molecule has 0 amide bonds. The molecule has 0 aromatic heterocycles. The first-order valence-electron chi connectivity index (χ1n) is 3.84. The third-order valence-electron chi connectivity index (χ3n) is 1.74. The zero-order chi connectivity index (χ0) is 8.85.